The van der Waals surface area contributed by atoms with Crippen LogP contribution in [0, 0.1) is 5.92 Å². The lowest BCUT2D eigenvalue weighted by Crippen LogP contribution is -2.30. The normalized spacial score (nSPS) is 20.8. The molecule has 5 nitrogen and oxygen atoms in total. The standard InChI is InChI=1S/C13H20N2O3S/c1-18-10-11-6-7-15(9-11)19(16,17)13-5-3-2-4-12(13)8-14/h2-5,11H,6-10,14H2,1H3. The fraction of sp³-hybridized carbons (Fsp3) is 0.538. The van der Waals surface area contributed by atoms with Crippen molar-refractivity contribution in [1.29, 1.82) is 0 Å². The van der Waals surface area contributed by atoms with Gasteiger partial charge in [0.1, 0.15) is 0 Å². The molecule has 106 valence electrons. The van der Waals surface area contributed by atoms with E-state index in [1.165, 1.54) is 4.31 Å². The van der Waals surface area contributed by atoms with E-state index < -0.39 is 10.0 Å². The Hall–Kier alpha value is -0.950. The van der Waals surface area contributed by atoms with E-state index in [-0.39, 0.29) is 12.5 Å². The molecular weight excluding hydrogens is 264 g/mol. The minimum Gasteiger partial charge on any atom is -0.384 e. The SMILES string of the molecule is COCC1CCN(S(=O)(=O)c2ccccc2CN)C1. The van der Waals surface area contributed by atoms with E-state index in [9.17, 15) is 8.42 Å². The lowest BCUT2D eigenvalue weighted by atomic mass is 10.1. The summed E-state index contributed by atoms with van der Waals surface area (Å²) >= 11 is 0. The summed E-state index contributed by atoms with van der Waals surface area (Å²) in [6.07, 6.45) is 0.845. The fourth-order valence-electron chi connectivity index (χ4n) is 2.45. The van der Waals surface area contributed by atoms with Crippen LogP contribution in [0.25, 0.3) is 0 Å². The van der Waals surface area contributed by atoms with Crippen LogP contribution >= 0.6 is 0 Å². The number of rotatable bonds is 5. The number of benzene rings is 1. The molecule has 0 saturated carbocycles. The summed E-state index contributed by atoms with van der Waals surface area (Å²) < 4.78 is 31.8. The van der Waals surface area contributed by atoms with Crippen molar-refractivity contribution in [1.82, 2.24) is 4.31 Å². The van der Waals surface area contributed by atoms with Gasteiger partial charge in [-0.25, -0.2) is 8.42 Å². The molecule has 2 rings (SSSR count). The first-order valence-electron chi connectivity index (χ1n) is 6.36. The summed E-state index contributed by atoms with van der Waals surface area (Å²) in [6, 6.07) is 6.92. The Morgan fingerprint density at radius 2 is 2.16 bits per heavy atom. The molecule has 1 unspecified atom stereocenters. The molecule has 0 aliphatic carbocycles. The van der Waals surface area contributed by atoms with Gasteiger partial charge in [0.25, 0.3) is 0 Å². The van der Waals surface area contributed by atoms with Crippen molar-refractivity contribution in [2.75, 3.05) is 26.8 Å². The van der Waals surface area contributed by atoms with Crippen LogP contribution in [0.4, 0.5) is 0 Å². The molecule has 19 heavy (non-hydrogen) atoms. The topological polar surface area (TPSA) is 72.6 Å². The zero-order valence-corrected chi connectivity index (χ0v) is 11.9. The van der Waals surface area contributed by atoms with E-state index in [0.29, 0.717) is 30.2 Å². The van der Waals surface area contributed by atoms with Crippen molar-refractivity contribution >= 4 is 10.0 Å². The van der Waals surface area contributed by atoms with Crippen LogP contribution in [0.5, 0.6) is 0 Å². The van der Waals surface area contributed by atoms with Crippen molar-refractivity contribution in [3.05, 3.63) is 29.8 Å². The Labute approximate surface area is 114 Å². The van der Waals surface area contributed by atoms with Crippen LogP contribution in [0.3, 0.4) is 0 Å². The molecule has 1 heterocycles. The third-order valence-corrected chi connectivity index (χ3v) is 5.43. The Morgan fingerprint density at radius 1 is 1.42 bits per heavy atom. The molecule has 1 fully saturated rings. The molecule has 0 bridgehead atoms. The molecule has 0 amide bonds. The maximum absolute atomic E-state index is 12.6. The second kappa shape index (κ2) is 6.00. The maximum Gasteiger partial charge on any atom is 0.243 e. The van der Waals surface area contributed by atoms with Gasteiger partial charge in [-0.3, -0.25) is 0 Å². The molecule has 1 atom stereocenters. The Kier molecular flexibility index (Phi) is 4.57. The van der Waals surface area contributed by atoms with Crippen molar-refractivity contribution in [2.24, 2.45) is 11.7 Å². The van der Waals surface area contributed by atoms with Crippen LogP contribution < -0.4 is 5.73 Å². The van der Waals surface area contributed by atoms with Gasteiger partial charge in [-0.1, -0.05) is 18.2 Å². The number of hydrogen-bond donors (Lipinski definition) is 1. The number of methoxy groups -OCH3 is 1. The van der Waals surface area contributed by atoms with Crippen LogP contribution in [0.1, 0.15) is 12.0 Å². The monoisotopic (exact) mass is 284 g/mol. The van der Waals surface area contributed by atoms with Crippen molar-refractivity contribution in [3.63, 3.8) is 0 Å². The minimum absolute atomic E-state index is 0.227. The van der Waals surface area contributed by atoms with Gasteiger partial charge in [-0.2, -0.15) is 4.31 Å². The Morgan fingerprint density at radius 3 is 2.84 bits per heavy atom. The molecule has 1 saturated heterocycles. The van der Waals surface area contributed by atoms with Crippen molar-refractivity contribution < 1.29 is 13.2 Å². The predicted octanol–water partition coefficient (Wildman–Crippen LogP) is 0.802. The fourth-order valence-corrected chi connectivity index (χ4v) is 4.21. The lowest BCUT2D eigenvalue weighted by molar-refractivity contribution is 0.157. The van der Waals surface area contributed by atoms with E-state index in [1.54, 1.807) is 31.4 Å². The highest BCUT2D eigenvalue weighted by molar-refractivity contribution is 7.89. The first kappa shape index (κ1) is 14.5. The number of hydrogen-bond acceptors (Lipinski definition) is 4. The second-order valence-corrected chi connectivity index (χ2v) is 6.69. The molecule has 2 N–H and O–H groups in total. The predicted molar refractivity (Wildman–Crippen MR) is 73.1 cm³/mol. The summed E-state index contributed by atoms with van der Waals surface area (Å²) in [5.74, 6) is 0.282. The summed E-state index contributed by atoms with van der Waals surface area (Å²) in [4.78, 5) is 0.329. The average Bonchev–Trinajstić information content (AvgIpc) is 2.88. The molecule has 0 aromatic heterocycles. The highest BCUT2D eigenvalue weighted by Crippen LogP contribution is 2.26. The number of nitrogens with zero attached hydrogens (tertiary/aromatic N) is 1. The van der Waals surface area contributed by atoms with Gasteiger partial charge < -0.3 is 10.5 Å². The van der Waals surface area contributed by atoms with Crippen molar-refractivity contribution in [2.45, 2.75) is 17.9 Å². The number of nitrogens with two attached hydrogens (primary N) is 1. The van der Waals surface area contributed by atoms with Gasteiger partial charge in [-0.05, 0) is 24.0 Å². The van der Waals surface area contributed by atoms with Crippen LogP contribution in [0.15, 0.2) is 29.2 Å². The first-order valence-corrected chi connectivity index (χ1v) is 7.80. The van der Waals surface area contributed by atoms with Gasteiger partial charge in [0, 0.05) is 26.7 Å². The summed E-state index contributed by atoms with van der Waals surface area (Å²) in [7, 11) is -1.80. The van der Waals surface area contributed by atoms with Gasteiger partial charge in [-0.15, -0.1) is 0 Å². The maximum atomic E-state index is 12.6. The van der Waals surface area contributed by atoms with Crippen LogP contribution in [-0.4, -0.2) is 39.5 Å². The van der Waals surface area contributed by atoms with E-state index in [2.05, 4.69) is 0 Å². The largest absolute Gasteiger partial charge is 0.384 e. The van der Waals surface area contributed by atoms with Gasteiger partial charge in [0.2, 0.25) is 10.0 Å². The Balaban J connectivity index is 2.24. The number of sulfonamides is 1. The van der Waals surface area contributed by atoms with Crippen LogP contribution in [-0.2, 0) is 21.3 Å². The minimum atomic E-state index is -3.43. The first-order chi connectivity index (χ1) is 9.09. The number of ether oxygens (including phenoxy) is 1. The summed E-state index contributed by atoms with van der Waals surface area (Å²) in [5, 5.41) is 0. The third kappa shape index (κ3) is 2.97. The zero-order chi connectivity index (χ0) is 13.9. The third-order valence-electron chi connectivity index (χ3n) is 3.46. The van der Waals surface area contributed by atoms with Gasteiger partial charge in [0.15, 0.2) is 0 Å². The average molecular weight is 284 g/mol. The van der Waals surface area contributed by atoms with Crippen molar-refractivity contribution in [3.8, 4) is 0 Å². The summed E-state index contributed by atoms with van der Waals surface area (Å²) in [5.41, 5.74) is 6.28. The van der Waals surface area contributed by atoms with Gasteiger partial charge >= 0.3 is 0 Å². The Bertz CT molecular complexity index is 530. The lowest BCUT2D eigenvalue weighted by Gasteiger charge is -2.18. The second-order valence-electron chi connectivity index (χ2n) is 4.78. The molecule has 0 spiro atoms. The molecule has 1 aromatic carbocycles. The molecule has 1 aromatic rings. The molecule has 6 heteroatoms. The van der Waals surface area contributed by atoms with E-state index in [0.717, 1.165) is 6.42 Å². The van der Waals surface area contributed by atoms with E-state index >= 15 is 0 Å². The zero-order valence-electron chi connectivity index (χ0n) is 11.1. The molecular formula is C13H20N2O3S. The highest BCUT2D eigenvalue weighted by Gasteiger charge is 2.33. The van der Waals surface area contributed by atoms with E-state index in [4.69, 9.17) is 10.5 Å². The van der Waals surface area contributed by atoms with E-state index in [1.807, 2.05) is 0 Å². The van der Waals surface area contributed by atoms with Gasteiger partial charge in [0.05, 0.1) is 11.5 Å². The van der Waals surface area contributed by atoms with Crippen LogP contribution in [0.2, 0.25) is 0 Å². The summed E-state index contributed by atoms with van der Waals surface area (Å²) in [6.45, 7) is 1.90. The highest BCUT2D eigenvalue weighted by atomic mass is 32.2. The quantitative estimate of drug-likeness (QED) is 0.868. The molecule has 1 aliphatic rings. The molecule has 1 aliphatic heterocycles. The smallest absolute Gasteiger partial charge is 0.243 e. The molecule has 0 radical (unpaired) electrons.